The summed E-state index contributed by atoms with van der Waals surface area (Å²) in [6.07, 6.45) is 0. The molecule has 116 valence electrons. The van der Waals surface area contributed by atoms with Crippen LogP contribution in [0.15, 0.2) is 29.4 Å². The molecule has 22 heavy (non-hydrogen) atoms. The van der Waals surface area contributed by atoms with Gasteiger partial charge in [0.2, 0.25) is 5.91 Å². The molecule has 1 heterocycles. The summed E-state index contributed by atoms with van der Waals surface area (Å²) in [5.74, 6) is -0.0909. The van der Waals surface area contributed by atoms with Crippen molar-refractivity contribution in [1.29, 1.82) is 0 Å². The first-order valence-corrected chi connectivity index (χ1v) is 8.17. The lowest BCUT2D eigenvalue weighted by Gasteiger charge is -2.12. The fourth-order valence-corrected chi connectivity index (χ4v) is 2.77. The molecule has 0 aliphatic rings. The Morgan fingerprint density at radius 3 is 2.23 bits per heavy atom. The number of aromatic nitrogens is 2. The second kappa shape index (κ2) is 7.11. The Morgan fingerprint density at radius 1 is 1.14 bits per heavy atom. The van der Waals surface area contributed by atoms with Crippen molar-refractivity contribution in [2.45, 2.75) is 38.1 Å². The van der Waals surface area contributed by atoms with Gasteiger partial charge in [0.05, 0.1) is 5.25 Å². The molecule has 1 amide bonds. The van der Waals surface area contributed by atoms with Crippen LogP contribution >= 0.6 is 23.4 Å². The summed E-state index contributed by atoms with van der Waals surface area (Å²) in [4.78, 5) is 21.1. The number of nitrogens with zero attached hydrogens (tertiary/aromatic N) is 2. The first-order chi connectivity index (χ1) is 10.4. The maximum Gasteiger partial charge on any atom is 0.237 e. The van der Waals surface area contributed by atoms with Crippen LogP contribution in [0.25, 0.3) is 0 Å². The van der Waals surface area contributed by atoms with Crippen molar-refractivity contribution in [1.82, 2.24) is 9.97 Å². The number of hydrogen-bond donors (Lipinski definition) is 1. The van der Waals surface area contributed by atoms with Crippen LogP contribution in [0.3, 0.4) is 0 Å². The van der Waals surface area contributed by atoms with Crippen molar-refractivity contribution in [3.63, 3.8) is 0 Å². The lowest BCUT2D eigenvalue weighted by Crippen LogP contribution is -2.22. The summed E-state index contributed by atoms with van der Waals surface area (Å²) in [5, 5.41) is 3.82. The van der Waals surface area contributed by atoms with Gasteiger partial charge in [-0.15, -0.1) is 0 Å². The van der Waals surface area contributed by atoms with Crippen molar-refractivity contribution >= 4 is 35.0 Å². The molecular weight excluding hydrogens is 318 g/mol. The second-order valence-corrected chi connectivity index (χ2v) is 6.80. The second-order valence-electron chi connectivity index (χ2n) is 5.06. The molecule has 0 saturated carbocycles. The van der Waals surface area contributed by atoms with Gasteiger partial charge in [0.1, 0.15) is 0 Å². The Morgan fingerprint density at radius 2 is 1.68 bits per heavy atom. The van der Waals surface area contributed by atoms with Crippen LogP contribution in [0.5, 0.6) is 0 Å². The minimum absolute atomic E-state index is 0.0909. The number of benzene rings is 1. The Hall–Kier alpha value is -1.59. The minimum Gasteiger partial charge on any atom is -0.325 e. The molecule has 1 aromatic heterocycles. The maximum absolute atomic E-state index is 12.2. The van der Waals surface area contributed by atoms with E-state index in [1.807, 2.05) is 27.7 Å². The van der Waals surface area contributed by atoms with E-state index in [1.165, 1.54) is 11.8 Å². The molecule has 0 fully saturated rings. The molecular formula is C16H18ClN3OS. The maximum atomic E-state index is 12.2. The Balaban J connectivity index is 2.03. The highest BCUT2D eigenvalue weighted by Crippen LogP contribution is 2.23. The molecule has 0 spiro atoms. The number of amides is 1. The Labute approximate surface area is 139 Å². The van der Waals surface area contributed by atoms with Gasteiger partial charge in [-0.05, 0) is 57.5 Å². The molecule has 0 bridgehead atoms. The fraction of sp³-hybridized carbons (Fsp3) is 0.312. The third kappa shape index (κ3) is 4.21. The van der Waals surface area contributed by atoms with Gasteiger partial charge in [-0.3, -0.25) is 4.79 Å². The first kappa shape index (κ1) is 16.8. The highest BCUT2D eigenvalue weighted by Gasteiger charge is 2.17. The zero-order valence-electron chi connectivity index (χ0n) is 13.0. The molecule has 2 aromatic rings. The van der Waals surface area contributed by atoms with Gasteiger partial charge in [0.25, 0.3) is 0 Å². The Kier molecular flexibility index (Phi) is 5.42. The van der Waals surface area contributed by atoms with Crippen molar-refractivity contribution in [3.8, 4) is 0 Å². The number of nitrogens with one attached hydrogen (secondary N) is 1. The molecule has 1 atom stereocenters. The lowest BCUT2D eigenvalue weighted by atomic mass is 10.2. The summed E-state index contributed by atoms with van der Waals surface area (Å²) in [6, 6.07) is 7.03. The highest BCUT2D eigenvalue weighted by atomic mass is 35.5. The van der Waals surface area contributed by atoms with Crippen LogP contribution < -0.4 is 5.32 Å². The smallest absolute Gasteiger partial charge is 0.237 e. The molecule has 0 radical (unpaired) electrons. The molecule has 6 heteroatoms. The van der Waals surface area contributed by atoms with E-state index in [4.69, 9.17) is 11.6 Å². The van der Waals surface area contributed by atoms with Crippen LogP contribution in [-0.2, 0) is 4.79 Å². The number of aryl methyl sites for hydroxylation is 2. The molecule has 1 unspecified atom stereocenters. The predicted octanol–water partition coefficient (Wildman–Crippen LogP) is 4.17. The average Bonchev–Trinajstić information content (AvgIpc) is 2.47. The van der Waals surface area contributed by atoms with E-state index in [2.05, 4.69) is 15.3 Å². The van der Waals surface area contributed by atoms with Gasteiger partial charge in [0, 0.05) is 22.1 Å². The normalized spacial score (nSPS) is 12.0. The molecule has 1 aromatic carbocycles. The van der Waals surface area contributed by atoms with Gasteiger partial charge >= 0.3 is 0 Å². The predicted molar refractivity (Wildman–Crippen MR) is 91.6 cm³/mol. The number of carbonyl (C=O) groups excluding carboxylic acids is 1. The zero-order chi connectivity index (χ0) is 16.3. The topological polar surface area (TPSA) is 54.9 Å². The number of carbonyl (C=O) groups is 1. The highest BCUT2D eigenvalue weighted by molar-refractivity contribution is 8.00. The van der Waals surface area contributed by atoms with Crippen LogP contribution in [0.4, 0.5) is 5.69 Å². The van der Waals surface area contributed by atoms with Crippen LogP contribution in [-0.4, -0.2) is 21.1 Å². The number of halogens is 1. The van der Waals surface area contributed by atoms with Gasteiger partial charge in [-0.25, -0.2) is 9.97 Å². The van der Waals surface area contributed by atoms with Gasteiger partial charge in [-0.1, -0.05) is 23.4 Å². The number of hydrogen-bond acceptors (Lipinski definition) is 4. The molecule has 0 saturated heterocycles. The van der Waals surface area contributed by atoms with E-state index in [-0.39, 0.29) is 11.2 Å². The van der Waals surface area contributed by atoms with Gasteiger partial charge in [0.15, 0.2) is 5.16 Å². The summed E-state index contributed by atoms with van der Waals surface area (Å²) >= 11 is 7.18. The zero-order valence-corrected chi connectivity index (χ0v) is 14.5. The van der Waals surface area contributed by atoms with Crippen molar-refractivity contribution < 1.29 is 4.79 Å². The van der Waals surface area contributed by atoms with E-state index in [0.717, 1.165) is 22.6 Å². The van der Waals surface area contributed by atoms with Crippen LogP contribution in [0.2, 0.25) is 5.02 Å². The molecule has 2 rings (SSSR count). The summed E-state index contributed by atoms with van der Waals surface area (Å²) < 4.78 is 0. The van der Waals surface area contributed by atoms with Gasteiger partial charge in [-0.2, -0.15) is 0 Å². The van der Waals surface area contributed by atoms with E-state index in [1.54, 1.807) is 24.3 Å². The fourth-order valence-electron chi connectivity index (χ4n) is 1.78. The molecule has 0 aliphatic carbocycles. The molecule has 0 aliphatic heterocycles. The van der Waals surface area contributed by atoms with E-state index >= 15 is 0 Å². The quantitative estimate of drug-likeness (QED) is 0.673. The SMILES string of the molecule is Cc1nc(SC(C)C(=O)Nc2ccc(Cl)cc2)nc(C)c1C. The van der Waals surface area contributed by atoms with Crippen LogP contribution in [0.1, 0.15) is 23.9 Å². The third-order valence-electron chi connectivity index (χ3n) is 3.38. The summed E-state index contributed by atoms with van der Waals surface area (Å²) in [6.45, 7) is 7.73. The van der Waals surface area contributed by atoms with Crippen molar-refractivity contribution in [2.24, 2.45) is 0 Å². The summed E-state index contributed by atoms with van der Waals surface area (Å²) in [7, 11) is 0. The van der Waals surface area contributed by atoms with E-state index in [9.17, 15) is 4.79 Å². The molecule has 4 nitrogen and oxygen atoms in total. The van der Waals surface area contributed by atoms with E-state index < -0.39 is 0 Å². The summed E-state index contributed by atoms with van der Waals surface area (Å²) in [5.41, 5.74) is 3.70. The largest absolute Gasteiger partial charge is 0.325 e. The van der Waals surface area contributed by atoms with E-state index in [0.29, 0.717) is 10.2 Å². The van der Waals surface area contributed by atoms with Crippen molar-refractivity contribution in [3.05, 3.63) is 46.2 Å². The third-order valence-corrected chi connectivity index (χ3v) is 4.59. The first-order valence-electron chi connectivity index (χ1n) is 6.91. The Bertz CT molecular complexity index is 665. The van der Waals surface area contributed by atoms with Crippen molar-refractivity contribution in [2.75, 3.05) is 5.32 Å². The number of thioether (sulfide) groups is 1. The van der Waals surface area contributed by atoms with Crippen LogP contribution in [0, 0.1) is 20.8 Å². The lowest BCUT2D eigenvalue weighted by molar-refractivity contribution is -0.115. The minimum atomic E-state index is -0.294. The van der Waals surface area contributed by atoms with Gasteiger partial charge < -0.3 is 5.32 Å². The molecule has 1 N–H and O–H groups in total. The number of rotatable bonds is 4. The number of anilines is 1. The standard InChI is InChI=1S/C16H18ClN3OS/c1-9-10(2)18-16(19-11(9)3)22-12(4)15(21)20-14-7-5-13(17)6-8-14/h5-8,12H,1-4H3,(H,20,21). The monoisotopic (exact) mass is 335 g/mol. The average molecular weight is 336 g/mol.